The molecule has 26 heavy (non-hydrogen) atoms. The first-order valence-electron chi connectivity index (χ1n) is 9.13. The summed E-state index contributed by atoms with van der Waals surface area (Å²) in [5.74, 6) is -0.199. The molecule has 1 aliphatic heterocycles. The lowest BCUT2D eigenvalue weighted by molar-refractivity contribution is -0.131. The molecular formula is C21H22N2O3. The SMILES string of the molecule is O=C1Cc2cc(NC(=O)C(OC3CCCC3)c3ccccc3)ccc2N1. The maximum Gasteiger partial charge on any atom is 0.258 e. The van der Waals surface area contributed by atoms with E-state index < -0.39 is 6.10 Å². The molecule has 2 aliphatic rings. The first-order valence-corrected chi connectivity index (χ1v) is 9.13. The number of anilines is 2. The third-order valence-corrected chi connectivity index (χ3v) is 4.97. The Kier molecular flexibility index (Phi) is 4.71. The number of carbonyl (C=O) groups excluding carboxylic acids is 2. The van der Waals surface area contributed by atoms with Crippen LogP contribution in [0.4, 0.5) is 11.4 Å². The van der Waals surface area contributed by atoms with E-state index in [9.17, 15) is 9.59 Å². The predicted octanol–water partition coefficient (Wildman–Crippen LogP) is 3.82. The number of fused-ring (bicyclic) bond motifs is 1. The number of ether oxygens (including phenoxy) is 1. The third kappa shape index (κ3) is 3.63. The Bertz CT molecular complexity index is 813. The van der Waals surface area contributed by atoms with E-state index in [0.29, 0.717) is 12.1 Å². The monoisotopic (exact) mass is 350 g/mol. The average molecular weight is 350 g/mol. The van der Waals surface area contributed by atoms with Crippen molar-refractivity contribution in [2.45, 2.75) is 44.3 Å². The zero-order valence-corrected chi connectivity index (χ0v) is 14.5. The first-order chi connectivity index (χ1) is 12.7. The number of benzene rings is 2. The molecule has 2 N–H and O–H groups in total. The molecule has 5 heteroatoms. The van der Waals surface area contributed by atoms with E-state index in [-0.39, 0.29) is 17.9 Å². The van der Waals surface area contributed by atoms with E-state index in [0.717, 1.165) is 42.5 Å². The van der Waals surface area contributed by atoms with E-state index in [2.05, 4.69) is 10.6 Å². The molecule has 1 heterocycles. The minimum atomic E-state index is -0.632. The maximum absolute atomic E-state index is 12.9. The summed E-state index contributed by atoms with van der Waals surface area (Å²) >= 11 is 0. The summed E-state index contributed by atoms with van der Waals surface area (Å²) in [5.41, 5.74) is 3.26. The van der Waals surface area contributed by atoms with Crippen molar-refractivity contribution in [2.24, 2.45) is 0 Å². The van der Waals surface area contributed by atoms with Gasteiger partial charge < -0.3 is 15.4 Å². The van der Waals surface area contributed by atoms with Gasteiger partial charge in [-0.05, 0) is 42.2 Å². The van der Waals surface area contributed by atoms with Crippen molar-refractivity contribution in [3.05, 3.63) is 59.7 Å². The fraction of sp³-hybridized carbons (Fsp3) is 0.333. The van der Waals surface area contributed by atoms with Gasteiger partial charge in [-0.25, -0.2) is 0 Å². The molecule has 0 saturated heterocycles. The Labute approximate surface area is 152 Å². The second kappa shape index (κ2) is 7.30. The van der Waals surface area contributed by atoms with Gasteiger partial charge in [0.1, 0.15) is 0 Å². The quantitative estimate of drug-likeness (QED) is 0.861. The Hall–Kier alpha value is -2.66. The lowest BCUT2D eigenvalue weighted by Crippen LogP contribution is -2.26. The highest BCUT2D eigenvalue weighted by atomic mass is 16.5. The van der Waals surface area contributed by atoms with Gasteiger partial charge in [0.15, 0.2) is 6.10 Å². The average Bonchev–Trinajstić information content (AvgIpc) is 3.28. The smallest absolute Gasteiger partial charge is 0.258 e. The molecular weight excluding hydrogens is 328 g/mol. The highest BCUT2D eigenvalue weighted by Crippen LogP contribution is 2.30. The third-order valence-electron chi connectivity index (χ3n) is 4.97. The molecule has 0 bridgehead atoms. The summed E-state index contributed by atoms with van der Waals surface area (Å²) in [6, 6.07) is 15.1. The highest BCUT2D eigenvalue weighted by Gasteiger charge is 2.27. The molecule has 1 aliphatic carbocycles. The van der Waals surface area contributed by atoms with Gasteiger partial charge in [-0.15, -0.1) is 0 Å². The lowest BCUT2D eigenvalue weighted by atomic mass is 10.1. The van der Waals surface area contributed by atoms with Crippen LogP contribution in [-0.4, -0.2) is 17.9 Å². The van der Waals surface area contributed by atoms with Gasteiger partial charge in [0, 0.05) is 11.4 Å². The topological polar surface area (TPSA) is 67.4 Å². The van der Waals surface area contributed by atoms with Crippen molar-refractivity contribution in [2.75, 3.05) is 10.6 Å². The number of hydrogen-bond donors (Lipinski definition) is 2. The maximum atomic E-state index is 12.9. The number of rotatable bonds is 5. The van der Waals surface area contributed by atoms with E-state index in [4.69, 9.17) is 4.74 Å². The molecule has 5 nitrogen and oxygen atoms in total. The molecule has 2 aromatic carbocycles. The van der Waals surface area contributed by atoms with Crippen LogP contribution < -0.4 is 10.6 Å². The van der Waals surface area contributed by atoms with E-state index in [1.165, 1.54) is 0 Å². The molecule has 0 aromatic heterocycles. The van der Waals surface area contributed by atoms with E-state index in [1.807, 2.05) is 42.5 Å². The van der Waals surface area contributed by atoms with Gasteiger partial charge in [0.2, 0.25) is 5.91 Å². The molecule has 0 spiro atoms. The van der Waals surface area contributed by atoms with Gasteiger partial charge in [-0.3, -0.25) is 9.59 Å². The van der Waals surface area contributed by atoms with Crippen LogP contribution in [0.2, 0.25) is 0 Å². The molecule has 2 amide bonds. The minimum Gasteiger partial charge on any atom is -0.360 e. The standard InChI is InChI=1S/C21H22N2O3/c24-19-13-15-12-16(10-11-18(15)23-19)22-21(25)20(14-6-2-1-3-7-14)26-17-8-4-5-9-17/h1-3,6-7,10-12,17,20H,4-5,8-9,13H2,(H,22,25)(H,23,24). The molecule has 2 aromatic rings. The van der Waals surface area contributed by atoms with Crippen LogP contribution in [0.5, 0.6) is 0 Å². The van der Waals surface area contributed by atoms with Gasteiger partial charge in [-0.1, -0.05) is 43.2 Å². The molecule has 1 atom stereocenters. The van der Waals surface area contributed by atoms with E-state index in [1.54, 1.807) is 6.07 Å². The highest BCUT2D eigenvalue weighted by molar-refractivity contribution is 6.00. The molecule has 0 radical (unpaired) electrons. The molecule has 1 fully saturated rings. The summed E-state index contributed by atoms with van der Waals surface area (Å²) in [5, 5.41) is 5.75. The van der Waals surface area contributed by atoms with Gasteiger partial charge in [-0.2, -0.15) is 0 Å². The minimum absolute atomic E-state index is 0.0183. The summed E-state index contributed by atoms with van der Waals surface area (Å²) in [7, 11) is 0. The van der Waals surface area contributed by atoms with Gasteiger partial charge in [0.05, 0.1) is 12.5 Å². The molecule has 1 unspecified atom stereocenters. The van der Waals surface area contributed by atoms with Crippen molar-refractivity contribution in [1.82, 2.24) is 0 Å². The number of amides is 2. The zero-order chi connectivity index (χ0) is 17.9. The van der Waals surface area contributed by atoms with Crippen LogP contribution in [0, 0.1) is 0 Å². The van der Waals surface area contributed by atoms with Gasteiger partial charge >= 0.3 is 0 Å². The van der Waals surface area contributed by atoms with Crippen LogP contribution in [0.15, 0.2) is 48.5 Å². The summed E-state index contributed by atoms with van der Waals surface area (Å²) in [6.45, 7) is 0. The Balaban J connectivity index is 1.52. The normalized spacial score (nSPS) is 17.6. The lowest BCUT2D eigenvalue weighted by Gasteiger charge is -2.22. The Morgan fingerprint density at radius 3 is 2.65 bits per heavy atom. The summed E-state index contributed by atoms with van der Waals surface area (Å²) in [6.07, 6.45) is 4.16. The van der Waals surface area contributed by atoms with Gasteiger partial charge in [0.25, 0.3) is 5.91 Å². The molecule has 4 rings (SSSR count). The van der Waals surface area contributed by atoms with E-state index >= 15 is 0 Å². The van der Waals surface area contributed by atoms with Crippen molar-refractivity contribution >= 4 is 23.2 Å². The fourth-order valence-corrected chi connectivity index (χ4v) is 3.65. The zero-order valence-electron chi connectivity index (χ0n) is 14.5. The van der Waals surface area contributed by atoms with Crippen molar-refractivity contribution in [3.8, 4) is 0 Å². The molecule has 1 saturated carbocycles. The van der Waals surface area contributed by atoms with Crippen molar-refractivity contribution < 1.29 is 14.3 Å². The van der Waals surface area contributed by atoms with Crippen LogP contribution in [-0.2, 0) is 20.7 Å². The number of nitrogens with one attached hydrogen (secondary N) is 2. The van der Waals surface area contributed by atoms with Crippen LogP contribution in [0.3, 0.4) is 0 Å². The second-order valence-corrected chi connectivity index (χ2v) is 6.92. The number of hydrogen-bond acceptors (Lipinski definition) is 3. The van der Waals surface area contributed by atoms with Crippen LogP contribution in [0.25, 0.3) is 0 Å². The van der Waals surface area contributed by atoms with Crippen molar-refractivity contribution in [1.29, 1.82) is 0 Å². The largest absolute Gasteiger partial charge is 0.360 e. The summed E-state index contributed by atoms with van der Waals surface area (Å²) < 4.78 is 6.16. The second-order valence-electron chi connectivity index (χ2n) is 6.92. The number of carbonyl (C=O) groups is 2. The van der Waals surface area contributed by atoms with Crippen LogP contribution in [0.1, 0.15) is 42.9 Å². The van der Waals surface area contributed by atoms with Crippen LogP contribution >= 0.6 is 0 Å². The predicted molar refractivity (Wildman–Crippen MR) is 99.9 cm³/mol. The fourth-order valence-electron chi connectivity index (χ4n) is 3.65. The van der Waals surface area contributed by atoms with Crippen molar-refractivity contribution in [3.63, 3.8) is 0 Å². The Morgan fingerprint density at radius 2 is 1.88 bits per heavy atom. The first kappa shape index (κ1) is 16.8. The molecule has 134 valence electrons. The Morgan fingerprint density at radius 1 is 1.12 bits per heavy atom. The summed E-state index contributed by atoms with van der Waals surface area (Å²) in [4.78, 5) is 24.4.